The molecule has 1 rings (SSSR count). The van der Waals surface area contributed by atoms with Crippen molar-refractivity contribution < 1.29 is 9.59 Å². The highest BCUT2D eigenvalue weighted by Gasteiger charge is 2.40. The third-order valence-electron chi connectivity index (χ3n) is 3.94. The largest absolute Gasteiger partial charge is 0.356 e. The summed E-state index contributed by atoms with van der Waals surface area (Å²) in [6, 6.07) is 0.309. The first-order valence-electron chi connectivity index (χ1n) is 8.65. The molecule has 0 radical (unpaired) electrons. The normalized spacial score (nSPS) is 18.4. The molecule has 0 aromatic heterocycles. The van der Waals surface area contributed by atoms with Crippen molar-refractivity contribution in [3.05, 3.63) is 0 Å². The molecule has 0 aromatic carbocycles. The zero-order valence-corrected chi connectivity index (χ0v) is 16.1. The zero-order valence-electron chi connectivity index (χ0n) is 16.1. The van der Waals surface area contributed by atoms with Gasteiger partial charge >= 0.3 is 0 Å². The van der Waals surface area contributed by atoms with Crippen molar-refractivity contribution in [2.45, 2.75) is 65.6 Å². The minimum absolute atomic E-state index is 0.00832. The zero-order chi connectivity index (χ0) is 18.5. The lowest BCUT2D eigenvalue weighted by atomic mass is 9.96. The number of hydrogen-bond acceptors (Lipinski definition) is 3. The summed E-state index contributed by atoms with van der Waals surface area (Å²) in [7, 11) is 1.70. The Balaban J connectivity index is 2.64. The summed E-state index contributed by atoms with van der Waals surface area (Å²) in [5, 5.41) is 6.05. The number of guanidine groups is 1. The molecule has 1 aliphatic rings. The van der Waals surface area contributed by atoms with Gasteiger partial charge < -0.3 is 20.4 Å². The number of nitrogens with zero attached hydrogens (tertiary/aromatic N) is 3. The number of aliphatic imine (C=N–C) groups is 1. The highest BCUT2D eigenvalue weighted by atomic mass is 16.2. The van der Waals surface area contributed by atoms with Gasteiger partial charge in [0.05, 0.1) is 12.1 Å². The van der Waals surface area contributed by atoms with Crippen molar-refractivity contribution in [3.8, 4) is 0 Å². The van der Waals surface area contributed by atoms with Gasteiger partial charge in [-0.3, -0.25) is 14.6 Å². The maximum absolute atomic E-state index is 12.5. The maximum atomic E-state index is 12.5. The molecule has 2 N–H and O–H groups in total. The first-order valence-corrected chi connectivity index (χ1v) is 8.65. The fourth-order valence-corrected chi connectivity index (χ4v) is 3.33. The van der Waals surface area contributed by atoms with Gasteiger partial charge in [-0.15, -0.1) is 0 Å². The van der Waals surface area contributed by atoms with Crippen molar-refractivity contribution in [1.29, 1.82) is 0 Å². The van der Waals surface area contributed by atoms with Crippen LogP contribution in [0.25, 0.3) is 0 Å². The Bertz CT molecular complexity index is 485. The third kappa shape index (κ3) is 5.39. The lowest BCUT2D eigenvalue weighted by Crippen LogP contribution is -2.66. The van der Waals surface area contributed by atoms with E-state index in [0.717, 1.165) is 0 Å². The molecule has 2 amide bonds. The SMILES string of the molecule is CN=C(NCCC(=O)NC(C)C)N1CC(=O)N(C(C)C)C(C)(C)C1. The van der Waals surface area contributed by atoms with Crippen molar-refractivity contribution in [2.75, 3.05) is 26.7 Å². The van der Waals surface area contributed by atoms with Crippen LogP contribution in [0.3, 0.4) is 0 Å². The highest BCUT2D eigenvalue weighted by molar-refractivity contribution is 5.88. The van der Waals surface area contributed by atoms with Gasteiger partial charge in [0, 0.05) is 38.6 Å². The molecule has 1 aliphatic heterocycles. The Morgan fingerprint density at radius 2 is 1.92 bits per heavy atom. The second-order valence-electron chi connectivity index (χ2n) is 7.47. The highest BCUT2D eigenvalue weighted by Crippen LogP contribution is 2.24. The molecule has 7 heteroatoms. The summed E-state index contributed by atoms with van der Waals surface area (Å²) in [5.74, 6) is 0.771. The topological polar surface area (TPSA) is 77.0 Å². The second-order valence-corrected chi connectivity index (χ2v) is 7.47. The van der Waals surface area contributed by atoms with Gasteiger partial charge in [-0.05, 0) is 41.5 Å². The summed E-state index contributed by atoms with van der Waals surface area (Å²) in [6.45, 7) is 13.6. The minimum Gasteiger partial charge on any atom is -0.356 e. The average Bonchev–Trinajstić information content (AvgIpc) is 2.40. The predicted octanol–water partition coefficient (Wildman–Crippen LogP) is 0.808. The fraction of sp³-hybridized carbons (Fsp3) is 0.824. The van der Waals surface area contributed by atoms with Gasteiger partial charge in [0.2, 0.25) is 11.8 Å². The van der Waals surface area contributed by atoms with E-state index in [0.29, 0.717) is 32.0 Å². The van der Waals surface area contributed by atoms with E-state index in [2.05, 4.69) is 29.5 Å². The minimum atomic E-state index is -0.268. The van der Waals surface area contributed by atoms with E-state index in [4.69, 9.17) is 0 Å². The summed E-state index contributed by atoms with van der Waals surface area (Å²) in [4.78, 5) is 32.4. The van der Waals surface area contributed by atoms with E-state index < -0.39 is 0 Å². The van der Waals surface area contributed by atoms with Gasteiger partial charge in [0.25, 0.3) is 0 Å². The molecule has 7 nitrogen and oxygen atoms in total. The van der Waals surface area contributed by atoms with Crippen molar-refractivity contribution in [3.63, 3.8) is 0 Å². The summed E-state index contributed by atoms with van der Waals surface area (Å²) >= 11 is 0. The van der Waals surface area contributed by atoms with Crippen molar-refractivity contribution in [2.24, 2.45) is 4.99 Å². The van der Waals surface area contributed by atoms with Crippen LogP contribution in [0.2, 0.25) is 0 Å². The molecular formula is C17H33N5O2. The number of rotatable bonds is 5. The standard InChI is InChI=1S/C17H33N5O2/c1-12(2)20-14(23)8-9-19-16(18-7)21-10-15(24)22(13(3)4)17(5,6)11-21/h12-13H,8-11H2,1-7H3,(H,18,19)(H,20,23). The average molecular weight is 339 g/mol. The Kier molecular flexibility index (Phi) is 7.05. The molecule has 1 heterocycles. The molecule has 0 unspecified atom stereocenters. The van der Waals surface area contributed by atoms with Crippen LogP contribution in [0.1, 0.15) is 48.0 Å². The van der Waals surface area contributed by atoms with Crippen molar-refractivity contribution >= 4 is 17.8 Å². The Morgan fingerprint density at radius 3 is 2.38 bits per heavy atom. The fourth-order valence-electron chi connectivity index (χ4n) is 3.33. The molecule has 0 spiro atoms. The Labute approximate surface area is 145 Å². The molecule has 1 fully saturated rings. The van der Waals surface area contributed by atoms with Crippen LogP contribution in [0.4, 0.5) is 0 Å². The second kappa shape index (κ2) is 8.35. The van der Waals surface area contributed by atoms with Crippen LogP contribution < -0.4 is 10.6 Å². The van der Waals surface area contributed by atoms with Crippen LogP contribution in [0.15, 0.2) is 4.99 Å². The van der Waals surface area contributed by atoms with Gasteiger partial charge in [-0.1, -0.05) is 0 Å². The van der Waals surface area contributed by atoms with Gasteiger partial charge in [-0.25, -0.2) is 0 Å². The molecular weight excluding hydrogens is 306 g/mol. The molecule has 0 saturated carbocycles. The number of amides is 2. The first kappa shape index (κ1) is 20.3. The smallest absolute Gasteiger partial charge is 0.242 e. The summed E-state index contributed by atoms with van der Waals surface area (Å²) in [5.41, 5.74) is -0.268. The predicted molar refractivity (Wildman–Crippen MR) is 96.9 cm³/mol. The number of hydrogen-bond donors (Lipinski definition) is 2. The van der Waals surface area contributed by atoms with E-state index in [-0.39, 0.29) is 29.4 Å². The van der Waals surface area contributed by atoms with E-state index in [9.17, 15) is 9.59 Å². The van der Waals surface area contributed by atoms with Crippen LogP contribution in [-0.4, -0.2) is 71.9 Å². The lowest BCUT2D eigenvalue weighted by Gasteiger charge is -2.49. The van der Waals surface area contributed by atoms with E-state index in [1.165, 1.54) is 0 Å². The van der Waals surface area contributed by atoms with Crippen molar-refractivity contribution in [1.82, 2.24) is 20.4 Å². The quantitative estimate of drug-likeness (QED) is 0.574. The van der Waals surface area contributed by atoms with E-state index >= 15 is 0 Å². The molecule has 1 saturated heterocycles. The lowest BCUT2D eigenvalue weighted by molar-refractivity contribution is -0.145. The maximum Gasteiger partial charge on any atom is 0.242 e. The Morgan fingerprint density at radius 1 is 1.29 bits per heavy atom. The van der Waals surface area contributed by atoms with Crippen LogP contribution in [0, 0.1) is 0 Å². The number of piperazine rings is 1. The van der Waals surface area contributed by atoms with Crippen LogP contribution >= 0.6 is 0 Å². The Hall–Kier alpha value is -1.79. The molecule has 0 bridgehead atoms. The summed E-state index contributed by atoms with van der Waals surface area (Å²) in [6.07, 6.45) is 0.375. The van der Waals surface area contributed by atoms with Gasteiger partial charge in [0.15, 0.2) is 5.96 Å². The number of nitrogens with one attached hydrogen (secondary N) is 2. The molecule has 24 heavy (non-hydrogen) atoms. The van der Waals surface area contributed by atoms with Crippen LogP contribution in [0.5, 0.6) is 0 Å². The molecule has 0 atom stereocenters. The third-order valence-corrected chi connectivity index (χ3v) is 3.94. The first-order chi connectivity index (χ1) is 11.1. The van der Waals surface area contributed by atoms with Crippen LogP contribution in [-0.2, 0) is 9.59 Å². The molecule has 138 valence electrons. The number of carbonyl (C=O) groups excluding carboxylic acids is 2. The summed E-state index contributed by atoms with van der Waals surface area (Å²) < 4.78 is 0. The van der Waals surface area contributed by atoms with Gasteiger partial charge in [0.1, 0.15) is 0 Å². The molecule has 0 aromatic rings. The number of carbonyl (C=O) groups is 2. The van der Waals surface area contributed by atoms with E-state index in [1.807, 2.05) is 37.5 Å². The monoisotopic (exact) mass is 339 g/mol. The van der Waals surface area contributed by atoms with E-state index in [1.54, 1.807) is 7.05 Å². The molecule has 0 aliphatic carbocycles. The van der Waals surface area contributed by atoms with Gasteiger partial charge in [-0.2, -0.15) is 0 Å².